The van der Waals surface area contributed by atoms with Crippen LogP contribution in [-0.4, -0.2) is 30.1 Å². The van der Waals surface area contributed by atoms with Crippen molar-refractivity contribution in [3.63, 3.8) is 0 Å². The van der Waals surface area contributed by atoms with Crippen LogP contribution in [0.2, 0.25) is 0 Å². The van der Waals surface area contributed by atoms with Crippen molar-refractivity contribution in [2.45, 2.75) is 71.8 Å². The van der Waals surface area contributed by atoms with E-state index in [-0.39, 0.29) is 0 Å². The smallest absolute Gasteiger partial charge is 0.0357 e. The van der Waals surface area contributed by atoms with Crippen molar-refractivity contribution in [2.24, 2.45) is 23.0 Å². The molecule has 3 unspecified atom stereocenters. The van der Waals surface area contributed by atoms with Crippen LogP contribution >= 0.6 is 0 Å². The summed E-state index contributed by atoms with van der Waals surface area (Å²) < 4.78 is 0. The quantitative estimate of drug-likeness (QED) is 0.826. The number of rotatable bonds is 2. The molecule has 0 amide bonds. The summed E-state index contributed by atoms with van der Waals surface area (Å²) in [5, 5.41) is 0. The molecule has 0 aromatic heterocycles. The van der Waals surface area contributed by atoms with Gasteiger partial charge < -0.3 is 5.73 Å². The number of hydrogen-bond acceptors (Lipinski definition) is 2. The van der Waals surface area contributed by atoms with Gasteiger partial charge in [0.05, 0.1) is 0 Å². The van der Waals surface area contributed by atoms with Gasteiger partial charge in [-0.25, -0.2) is 0 Å². The average Bonchev–Trinajstić information content (AvgIpc) is 2.58. The minimum Gasteiger partial charge on any atom is -0.329 e. The Labute approximate surface area is 120 Å². The molecule has 0 bridgehead atoms. The number of hydrogen-bond donors (Lipinski definition) is 1. The van der Waals surface area contributed by atoms with Gasteiger partial charge in [-0.1, -0.05) is 34.1 Å². The average molecular weight is 266 g/mol. The third-order valence-corrected chi connectivity index (χ3v) is 6.10. The van der Waals surface area contributed by atoms with Gasteiger partial charge in [-0.2, -0.15) is 0 Å². The second-order valence-corrected chi connectivity index (χ2v) is 8.08. The minimum absolute atomic E-state index is 0.326. The molecule has 19 heavy (non-hydrogen) atoms. The summed E-state index contributed by atoms with van der Waals surface area (Å²) in [5.41, 5.74) is 7.01. The molecule has 112 valence electrons. The van der Waals surface area contributed by atoms with Crippen molar-refractivity contribution < 1.29 is 0 Å². The van der Waals surface area contributed by atoms with Crippen LogP contribution in [0, 0.1) is 17.3 Å². The van der Waals surface area contributed by atoms with Gasteiger partial charge in [0.1, 0.15) is 0 Å². The van der Waals surface area contributed by atoms with Gasteiger partial charge >= 0.3 is 0 Å². The Balaban J connectivity index is 2.06. The molecular formula is C17H34N2. The second kappa shape index (κ2) is 5.73. The Morgan fingerprint density at radius 3 is 2.37 bits per heavy atom. The zero-order valence-corrected chi connectivity index (χ0v) is 13.5. The number of likely N-dealkylation sites (tertiary alicyclic amines) is 1. The highest BCUT2D eigenvalue weighted by atomic mass is 15.2. The lowest BCUT2D eigenvalue weighted by atomic mass is 9.76. The SMILES string of the molecule is CC1CCCC1(CN)N1CCCC(C(C)(C)C)CC1. The molecule has 0 aromatic carbocycles. The molecule has 2 heteroatoms. The Kier molecular flexibility index (Phi) is 4.62. The molecule has 1 heterocycles. The van der Waals surface area contributed by atoms with Crippen LogP contribution < -0.4 is 5.73 Å². The first-order valence-electron chi connectivity index (χ1n) is 8.35. The molecule has 2 fully saturated rings. The van der Waals surface area contributed by atoms with E-state index in [0.717, 1.165) is 18.4 Å². The minimum atomic E-state index is 0.326. The predicted octanol–water partition coefficient (Wildman–Crippen LogP) is 3.65. The second-order valence-electron chi connectivity index (χ2n) is 8.08. The molecular weight excluding hydrogens is 232 g/mol. The first-order chi connectivity index (χ1) is 8.90. The van der Waals surface area contributed by atoms with Crippen molar-refractivity contribution in [3.05, 3.63) is 0 Å². The molecule has 1 saturated carbocycles. The fourth-order valence-corrected chi connectivity index (χ4v) is 4.54. The number of nitrogens with zero attached hydrogens (tertiary/aromatic N) is 1. The number of nitrogens with two attached hydrogens (primary N) is 1. The molecule has 3 atom stereocenters. The van der Waals surface area contributed by atoms with Gasteiger partial charge in [-0.3, -0.25) is 4.90 Å². The van der Waals surface area contributed by atoms with E-state index in [2.05, 4.69) is 32.6 Å². The van der Waals surface area contributed by atoms with Crippen LogP contribution in [0.15, 0.2) is 0 Å². The van der Waals surface area contributed by atoms with E-state index in [4.69, 9.17) is 5.73 Å². The van der Waals surface area contributed by atoms with Crippen molar-refractivity contribution in [2.75, 3.05) is 19.6 Å². The summed E-state index contributed by atoms with van der Waals surface area (Å²) in [7, 11) is 0. The van der Waals surface area contributed by atoms with Crippen molar-refractivity contribution >= 4 is 0 Å². The highest BCUT2D eigenvalue weighted by Crippen LogP contribution is 2.42. The lowest BCUT2D eigenvalue weighted by molar-refractivity contribution is 0.0639. The molecule has 1 saturated heterocycles. The molecule has 0 aromatic rings. The molecule has 2 aliphatic rings. The monoisotopic (exact) mass is 266 g/mol. The van der Waals surface area contributed by atoms with Crippen molar-refractivity contribution in [1.29, 1.82) is 0 Å². The van der Waals surface area contributed by atoms with E-state index in [1.807, 2.05) is 0 Å². The first-order valence-corrected chi connectivity index (χ1v) is 8.35. The van der Waals surface area contributed by atoms with Gasteiger partial charge in [-0.15, -0.1) is 0 Å². The first kappa shape index (κ1) is 15.3. The van der Waals surface area contributed by atoms with Gasteiger partial charge in [0, 0.05) is 12.1 Å². The standard InChI is InChI=1S/C17H34N2/c1-14-7-5-10-17(14,13-18)19-11-6-8-15(9-12-19)16(2,3)4/h14-15H,5-13,18H2,1-4H3. The lowest BCUT2D eigenvalue weighted by Crippen LogP contribution is -2.56. The molecule has 2 N–H and O–H groups in total. The van der Waals surface area contributed by atoms with Crippen LogP contribution in [-0.2, 0) is 0 Å². The highest BCUT2D eigenvalue weighted by molar-refractivity contribution is 5.01. The van der Waals surface area contributed by atoms with E-state index >= 15 is 0 Å². The van der Waals surface area contributed by atoms with Crippen LogP contribution in [0.5, 0.6) is 0 Å². The van der Waals surface area contributed by atoms with E-state index in [1.165, 1.54) is 51.6 Å². The zero-order valence-electron chi connectivity index (χ0n) is 13.5. The van der Waals surface area contributed by atoms with Crippen LogP contribution in [0.4, 0.5) is 0 Å². The summed E-state index contributed by atoms with van der Waals surface area (Å²) in [6.07, 6.45) is 8.18. The summed E-state index contributed by atoms with van der Waals surface area (Å²) in [5.74, 6) is 1.66. The van der Waals surface area contributed by atoms with Crippen LogP contribution in [0.1, 0.15) is 66.2 Å². The Bertz CT molecular complexity index is 294. The van der Waals surface area contributed by atoms with Gasteiger partial charge in [0.15, 0.2) is 0 Å². The zero-order chi connectivity index (χ0) is 14.1. The molecule has 2 nitrogen and oxygen atoms in total. The fraction of sp³-hybridized carbons (Fsp3) is 1.00. The fourth-order valence-electron chi connectivity index (χ4n) is 4.54. The van der Waals surface area contributed by atoms with Gasteiger partial charge in [0.25, 0.3) is 0 Å². The molecule has 0 radical (unpaired) electrons. The third kappa shape index (κ3) is 3.00. The van der Waals surface area contributed by atoms with E-state index in [0.29, 0.717) is 11.0 Å². The summed E-state index contributed by atoms with van der Waals surface area (Å²) >= 11 is 0. The third-order valence-electron chi connectivity index (χ3n) is 6.10. The molecule has 1 aliphatic heterocycles. The topological polar surface area (TPSA) is 29.3 Å². The predicted molar refractivity (Wildman–Crippen MR) is 83.2 cm³/mol. The maximum atomic E-state index is 6.22. The van der Waals surface area contributed by atoms with E-state index in [9.17, 15) is 0 Å². The van der Waals surface area contributed by atoms with Crippen LogP contribution in [0.25, 0.3) is 0 Å². The van der Waals surface area contributed by atoms with Gasteiger partial charge in [-0.05, 0) is 62.4 Å². The maximum Gasteiger partial charge on any atom is 0.0357 e. The Morgan fingerprint density at radius 1 is 1.11 bits per heavy atom. The van der Waals surface area contributed by atoms with E-state index in [1.54, 1.807) is 0 Å². The summed E-state index contributed by atoms with van der Waals surface area (Å²) in [6, 6.07) is 0. The van der Waals surface area contributed by atoms with E-state index < -0.39 is 0 Å². The summed E-state index contributed by atoms with van der Waals surface area (Å²) in [6.45, 7) is 13.0. The Morgan fingerprint density at radius 2 is 1.84 bits per heavy atom. The summed E-state index contributed by atoms with van der Waals surface area (Å²) in [4.78, 5) is 2.77. The highest BCUT2D eigenvalue weighted by Gasteiger charge is 2.44. The Hall–Kier alpha value is -0.0800. The lowest BCUT2D eigenvalue weighted by Gasteiger charge is -2.44. The van der Waals surface area contributed by atoms with Crippen molar-refractivity contribution in [3.8, 4) is 0 Å². The maximum absolute atomic E-state index is 6.22. The normalized spacial score (nSPS) is 38.4. The molecule has 1 aliphatic carbocycles. The van der Waals surface area contributed by atoms with Crippen molar-refractivity contribution in [1.82, 2.24) is 4.90 Å². The van der Waals surface area contributed by atoms with Crippen LogP contribution in [0.3, 0.4) is 0 Å². The molecule has 0 spiro atoms. The van der Waals surface area contributed by atoms with Gasteiger partial charge in [0.2, 0.25) is 0 Å². The molecule has 2 rings (SSSR count). The largest absolute Gasteiger partial charge is 0.329 e.